The molecule has 2 unspecified atom stereocenters. The molecular formula is C11H21NO5. The third kappa shape index (κ3) is 4.32. The molecule has 0 heterocycles. The first-order valence-electron chi connectivity index (χ1n) is 5.66. The summed E-state index contributed by atoms with van der Waals surface area (Å²) in [6.07, 6.45) is 1.54. The van der Waals surface area contributed by atoms with Gasteiger partial charge in [-0.25, -0.2) is 4.79 Å². The van der Waals surface area contributed by atoms with E-state index in [1.807, 2.05) is 6.92 Å². The Labute approximate surface area is 101 Å². The van der Waals surface area contributed by atoms with Crippen LogP contribution in [0.25, 0.3) is 0 Å². The lowest BCUT2D eigenvalue weighted by Gasteiger charge is -2.29. The standard InChI is InChI=1S/C11H21NO5/c1-4-5-6-17-9(13)8(7(2)3)11(12,16)10(14)15/h7-8,16H,4-6,12H2,1-3H3,(H,14,15). The van der Waals surface area contributed by atoms with Crippen molar-refractivity contribution < 1.29 is 24.5 Å². The fraction of sp³-hybridized carbons (Fsp3) is 0.818. The van der Waals surface area contributed by atoms with Crippen molar-refractivity contribution in [3.8, 4) is 0 Å². The molecule has 0 radical (unpaired) electrons. The first-order valence-corrected chi connectivity index (χ1v) is 5.66. The van der Waals surface area contributed by atoms with Gasteiger partial charge in [0.05, 0.1) is 6.61 Å². The molecule has 17 heavy (non-hydrogen) atoms. The van der Waals surface area contributed by atoms with Crippen molar-refractivity contribution in [1.82, 2.24) is 0 Å². The molecule has 0 bridgehead atoms. The third-order valence-corrected chi connectivity index (χ3v) is 2.48. The Balaban J connectivity index is 4.74. The third-order valence-electron chi connectivity index (χ3n) is 2.48. The molecule has 0 aliphatic rings. The van der Waals surface area contributed by atoms with Gasteiger partial charge in [-0.3, -0.25) is 10.5 Å². The van der Waals surface area contributed by atoms with Gasteiger partial charge < -0.3 is 14.9 Å². The smallest absolute Gasteiger partial charge is 0.351 e. The number of hydrogen-bond acceptors (Lipinski definition) is 5. The van der Waals surface area contributed by atoms with Crippen molar-refractivity contribution in [3.63, 3.8) is 0 Å². The van der Waals surface area contributed by atoms with E-state index in [1.54, 1.807) is 13.8 Å². The van der Waals surface area contributed by atoms with E-state index in [-0.39, 0.29) is 6.61 Å². The van der Waals surface area contributed by atoms with Gasteiger partial charge in [0, 0.05) is 0 Å². The largest absolute Gasteiger partial charge is 0.478 e. The number of esters is 1. The number of aliphatic hydroxyl groups is 1. The summed E-state index contributed by atoms with van der Waals surface area (Å²) in [5.74, 6) is -4.13. The average molecular weight is 247 g/mol. The van der Waals surface area contributed by atoms with Crippen molar-refractivity contribution in [2.75, 3.05) is 6.61 Å². The number of carbonyl (C=O) groups is 2. The van der Waals surface area contributed by atoms with E-state index >= 15 is 0 Å². The molecule has 0 fully saturated rings. The Morgan fingerprint density at radius 1 is 1.41 bits per heavy atom. The van der Waals surface area contributed by atoms with E-state index in [2.05, 4.69) is 0 Å². The fourth-order valence-corrected chi connectivity index (χ4v) is 1.50. The minimum atomic E-state index is -2.60. The lowest BCUT2D eigenvalue weighted by atomic mass is 9.86. The first kappa shape index (κ1) is 15.9. The van der Waals surface area contributed by atoms with Crippen molar-refractivity contribution in [2.24, 2.45) is 17.6 Å². The van der Waals surface area contributed by atoms with E-state index in [4.69, 9.17) is 15.6 Å². The lowest BCUT2D eigenvalue weighted by molar-refractivity contribution is -0.179. The van der Waals surface area contributed by atoms with Crippen LogP contribution in [-0.4, -0.2) is 34.5 Å². The van der Waals surface area contributed by atoms with Crippen molar-refractivity contribution >= 4 is 11.9 Å². The highest BCUT2D eigenvalue weighted by Gasteiger charge is 2.47. The number of carboxylic acid groups (broad SMARTS) is 1. The van der Waals surface area contributed by atoms with Gasteiger partial charge in [-0.1, -0.05) is 27.2 Å². The van der Waals surface area contributed by atoms with E-state index in [1.165, 1.54) is 0 Å². The molecule has 6 nitrogen and oxygen atoms in total. The summed E-state index contributed by atoms with van der Waals surface area (Å²) in [4.78, 5) is 22.5. The summed E-state index contributed by atoms with van der Waals surface area (Å²) in [7, 11) is 0. The molecule has 0 aromatic carbocycles. The molecule has 0 spiro atoms. The molecule has 0 aliphatic heterocycles. The Bertz CT molecular complexity index is 275. The molecule has 2 atom stereocenters. The van der Waals surface area contributed by atoms with Crippen LogP contribution in [0.4, 0.5) is 0 Å². The first-order chi connectivity index (χ1) is 7.75. The Kier molecular flexibility index (Phi) is 6.12. The van der Waals surface area contributed by atoms with Gasteiger partial charge in [0.15, 0.2) is 0 Å². The van der Waals surface area contributed by atoms with Crippen molar-refractivity contribution in [1.29, 1.82) is 0 Å². The number of nitrogens with two attached hydrogens (primary N) is 1. The summed E-state index contributed by atoms with van der Waals surface area (Å²) >= 11 is 0. The van der Waals surface area contributed by atoms with Crippen LogP contribution in [0.3, 0.4) is 0 Å². The zero-order chi connectivity index (χ0) is 13.6. The summed E-state index contributed by atoms with van der Waals surface area (Å²) < 4.78 is 4.90. The van der Waals surface area contributed by atoms with E-state index in [0.717, 1.165) is 6.42 Å². The zero-order valence-corrected chi connectivity index (χ0v) is 10.5. The Morgan fingerprint density at radius 3 is 2.29 bits per heavy atom. The van der Waals surface area contributed by atoms with Gasteiger partial charge in [0.25, 0.3) is 0 Å². The normalized spacial score (nSPS) is 16.4. The topological polar surface area (TPSA) is 110 Å². The lowest BCUT2D eigenvalue weighted by Crippen LogP contribution is -2.58. The fourth-order valence-electron chi connectivity index (χ4n) is 1.50. The molecule has 100 valence electrons. The number of unbranched alkanes of at least 4 members (excludes halogenated alkanes) is 1. The van der Waals surface area contributed by atoms with Gasteiger partial charge >= 0.3 is 11.9 Å². The average Bonchev–Trinajstić information content (AvgIpc) is 2.16. The Morgan fingerprint density at radius 2 is 1.94 bits per heavy atom. The molecule has 0 aromatic rings. The molecule has 0 saturated heterocycles. The Hall–Kier alpha value is -1.14. The second-order valence-corrected chi connectivity index (χ2v) is 4.37. The maximum absolute atomic E-state index is 11.7. The van der Waals surface area contributed by atoms with Crippen LogP contribution >= 0.6 is 0 Å². The van der Waals surface area contributed by atoms with E-state index in [0.29, 0.717) is 6.42 Å². The van der Waals surface area contributed by atoms with Gasteiger partial charge in [-0.2, -0.15) is 0 Å². The number of hydrogen-bond donors (Lipinski definition) is 3. The molecule has 0 aromatic heterocycles. The highest BCUT2D eigenvalue weighted by atomic mass is 16.5. The number of carboxylic acids is 1. The van der Waals surface area contributed by atoms with E-state index < -0.39 is 29.5 Å². The minimum Gasteiger partial charge on any atom is -0.478 e. The predicted octanol–water partition coefficient (Wildman–Crippen LogP) is 0.334. The highest BCUT2D eigenvalue weighted by molar-refractivity contribution is 5.85. The summed E-state index contributed by atoms with van der Waals surface area (Å²) in [6, 6.07) is 0. The van der Waals surface area contributed by atoms with Crippen LogP contribution in [0.15, 0.2) is 0 Å². The van der Waals surface area contributed by atoms with Crippen molar-refractivity contribution in [2.45, 2.75) is 39.3 Å². The molecule has 0 rings (SSSR count). The molecule has 4 N–H and O–H groups in total. The number of aliphatic carboxylic acids is 1. The molecule has 0 saturated carbocycles. The monoisotopic (exact) mass is 247 g/mol. The summed E-state index contributed by atoms with van der Waals surface area (Å²) in [5.41, 5.74) is 2.67. The van der Waals surface area contributed by atoms with Crippen molar-refractivity contribution in [3.05, 3.63) is 0 Å². The SMILES string of the molecule is CCCCOC(=O)C(C(C)C)C(N)(O)C(=O)O. The van der Waals surface area contributed by atoms with Gasteiger partial charge in [-0.15, -0.1) is 0 Å². The van der Waals surface area contributed by atoms with Crippen LogP contribution in [0.5, 0.6) is 0 Å². The van der Waals surface area contributed by atoms with Crippen LogP contribution in [0.1, 0.15) is 33.6 Å². The molecular weight excluding hydrogens is 226 g/mol. The van der Waals surface area contributed by atoms with Crippen LogP contribution in [-0.2, 0) is 14.3 Å². The molecule has 0 aliphatic carbocycles. The maximum Gasteiger partial charge on any atom is 0.351 e. The molecule has 0 amide bonds. The maximum atomic E-state index is 11.7. The minimum absolute atomic E-state index is 0.203. The molecule has 6 heteroatoms. The van der Waals surface area contributed by atoms with Crippen LogP contribution in [0, 0.1) is 11.8 Å². The van der Waals surface area contributed by atoms with E-state index in [9.17, 15) is 14.7 Å². The number of rotatable bonds is 7. The summed E-state index contributed by atoms with van der Waals surface area (Å²) in [5, 5.41) is 18.4. The quantitative estimate of drug-likeness (QED) is 0.340. The second-order valence-electron chi connectivity index (χ2n) is 4.37. The van der Waals surface area contributed by atoms with Gasteiger partial charge in [0.1, 0.15) is 5.92 Å². The van der Waals surface area contributed by atoms with Gasteiger partial charge in [-0.05, 0) is 12.3 Å². The van der Waals surface area contributed by atoms with Gasteiger partial charge in [0.2, 0.25) is 5.72 Å². The number of ether oxygens (including phenoxy) is 1. The van der Waals surface area contributed by atoms with Crippen LogP contribution < -0.4 is 5.73 Å². The predicted molar refractivity (Wildman–Crippen MR) is 61.0 cm³/mol. The zero-order valence-electron chi connectivity index (χ0n) is 10.5. The summed E-state index contributed by atoms with van der Waals surface area (Å²) in [6.45, 7) is 5.34. The highest BCUT2D eigenvalue weighted by Crippen LogP contribution is 2.23. The van der Waals surface area contributed by atoms with Crippen LogP contribution in [0.2, 0.25) is 0 Å². The second kappa shape index (κ2) is 6.56. The number of carbonyl (C=O) groups excluding carboxylic acids is 1.